The monoisotopic (exact) mass is 196 g/mol. The summed E-state index contributed by atoms with van der Waals surface area (Å²) in [5, 5.41) is 8.92. The third-order valence-corrected chi connectivity index (χ3v) is 3.27. The van der Waals surface area contributed by atoms with Crippen molar-refractivity contribution in [2.75, 3.05) is 5.75 Å². The Bertz CT molecular complexity index is 271. The number of aliphatic hydroxyl groups excluding tert-OH is 1. The Balaban J connectivity index is 2.73. The van der Waals surface area contributed by atoms with Crippen LogP contribution in [0.1, 0.15) is 24.5 Å². The fraction of sp³-hybridized carbons (Fsp3) is 0.455. The predicted molar refractivity (Wildman–Crippen MR) is 58.1 cm³/mol. The van der Waals surface area contributed by atoms with Crippen LogP contribution >= 0.6 is 11.8 Å². The zero-order chi connectivity index (χ0) is 9.68. The van der Waals surface area contributed by atoms with Gasteiger partial charge in [0, 0.05) is 4.90 Å². The number of rotatable bonds is 4. The third kappa shape index (κ3) is 3.05. The number of hydrogen-bond donors (Lipinski definition) is 1. The van der Waals surface area contributed by atoms with Gasteiger partial charge in [0.2, 0.25) is 0 Å². The van der Waals surface area contributed by atoms with E-state index in [1.54, 1.807) is 0 Å². The highest BCUT2D eigenvalue weighted by Gasteiger charge is 1.99. The molecule has 1 N–H and O–H groups in total. The van der Waals surface area contributed by atoms with Gasteiger partial charge < -0.3 is 5.11 Å². The fourth-order valence-corrected chi connectivity index (χ4v) is 2.06. The van der Waals surface area contributed by atoms with E-state index < -0.39 is 0 Å². The Morgan fingerprint density at radius 1 is 1.38 bits per heavy atom. The standard InChI is InChI=1S/C11H16OS/c1-3-6-13-11-5-4-10(8-12)7-9(11)2/h4-5,7,12H,3,6,8H2,1-2H3. The number of aryl methyl sites for hydroxylation is 1. The summed E-state index contributed by atoms with van der Waals surface area (Å²) in [4.78, 5) is 1.33. The highest BCUT2D eigenvalue weighted by molar-refractivity contribution is 7.99. The molecule has 0 amide bonds. The van der Waals surface area contributed by atoms with Gasteiger partial charge in [-0.15, -0.1) is 11.8 Å². The second-order valence-electron chi connectivity index (χ2n) is 3.11. The molecule has 1 nitrogen and oxygen atoms in total. The molecular formula is C11H16OS. The third-order valence-electron chi connectivity index (χ3n) is 1.88. The SMILES string of the molecule is CCCSc1ccc(CO)cc1C. The smallest absolute Gasteiger partial charge is 0.0681 e. The normalized spacial score (nSPS) is 10.4. The van der Waals surface area contributed by atoms with Crippen LogP contribution < -0.4 is 0 Å². The minimum atomic E-state index is 0.138. The summed E-state index contributed by atoms with van der Waals surface area (Å²) < 4.78 is 0. The Morgan fingerprint density at radius 2 is 2.15 bits per heavy atom. The lowest BCUT2D eigenvalue weighted by Crippen LogP contribution is -1.87. The van der Waals surface area contributed by atoms with E-state index >= 15 is 0 Å². The first-order valence-electron chi connectivity index (χ1n) is 4.61. The molecule has 0 aliphatic carbocycles. The highest BCUT2D eigenvalue weighted by atomic mass is 32.2. The van der Waals surface area contributed by atoms with Gasteiger partial charge >= 0.3 is 0 Å². The zero-order valence-corrected chi connectivity index (χ0v) is 9.03. The van der Waals surface area contributed by atoms with Crippen molar-refractivity contribution >= 4 is 11.8 Å². The molecule has 0 fully saturated rings. The van der Waals surface area contributed by atoms with Crippen LogP contribution in [0.5, 0.6) is 0 Å². The van der Waals surface area contributed by atoms with Crippen LogP contribution in [-0.4, -0.2) is 10.9 Å². The average Bonchev–Trinajstić information content (AvgIpc) is 2.16. The first-order chi connectivity index (χ1) is 6.27. The summed E-state index contributed by atoms with van der Waals surface area (Å²) in [5.74, 6) is 1.17. The maximum atomic E-state index is 8.92. The first kappa shape index (κ1) is 10.6. The molecule has 0 bridgehead atoms. The lowest BCUT2D eigenvalue weighted by molar-refractivity contribution is 0.281. The Morgan fingerprint density at radius 3 is 2.69 bits per heavy atom. The van der Waals surface area contributed by atoms with Gasteiger partial charge in [-0.05, 0) is 36.3 Å². The molecule has 0 atom stereocenters. The summed E-state index contributed by atoms with van der Waals surface area (Å²) in [6.45, 7) is 4.42. The van der Waals surface area contributed by atoms with Gasteiger partial charge in [-0.25, -0.2) is 0 Å². The maximum absolute atomic E-state index is 8.92. The lowest BCUT2D eigenvalue weighted by atomic mass is 10.1. The van der Waals surface area contributed by atoms with E-state index in [0.29, 0.717) is 0 Å². The van der Waals surface area contributed by atoms with Crippen LogP contribution in [-0.2, 0) is 6.61 Å². The number of aliphatic hydroxyl groups is 1. The van der Waals surface area contributed by atoms with Crippen molar-refractivity contribution in [1.82, 2.24) is 0 Å². The molecule has 0 aliphatic heterocycles. The topological polar surface area (TPSA) is 20.2 Å². The zero-order valence-electron chi connectivity index (χ0n) is 8.21. The van der Waals surface area contributed by atoms with Crippen molar-refractivity contribution < 1.29 is 5.11 Å². The average molecular weight is 196 g/mol. The molecule has 0 saturated heterocycles. The molecule has 1 aromatic rings. The molecule has 0 unspecified atom stereocenters. The molecule has 2 heteroatoms. The van der Waals surface area contributed by atoms with E-state index in [9.17, 15) is 0 Å². The molecule has 0 aromatic heterocycles. The minimum Gasteiger partial charge on any atom is -0.392 e. The second kappa shape index (κ2) is 5.30. The van der Waals surface area contributed by atoms with Crippen LogP contribution in [0.4, 0.5) is 0 Å². The lowest BCUT2D eigenvalue weighted by Gasteiger charge is -2.05. The van der Waals surface area contributed by atoms with E-state index in [0.717, 1.165) is 5.56 Å². The first-order valence-corrected chi connectivity index (χ1v) is 5.59. The quantitative estimate of drug-likeness (QED) is 0.747. The largest absolute Gasteiger partial charge is 0.392 e. The molecular weight excluding hydrogens is 180 g/mol. The number of thioether (sulfide) groups is 1. The molecule has 0 radical (unpaired) electrons. The Hall–Kier alpha value is -0.470. The summed E-state index contributed by atoms with van der Waals surface area (Å²) in [5.41, 5.74) is 2.27. The van der Waals surface area contributed by atoms with Gasteiger partial charge in [0.25, 0.3) is 0 Å². The molecule has 72 valence electrons. The Kier molecular flexibility index (Phi) is 4.33. The van der Waals surface area contributed by atoms with E-state index in [1.807, 2.05) is 17.8 Å². The summed E-state index contributed by atoms with van der Waals surface area (Å²) >= 11 is 1.88. The second-order valence-corrected chi connectivity index (χ2v) is 4.24. The van der Waals surface area contributed by atoms with Gasteiger partial charge in [-0.2, -0.15) is 0 Å². The van der Waals surface area contributed by atoms with Gasteiger partial charge in [-0.1, -0.05) is 19.1 Å². The molecule has 0 heterocycles. The van der Waals surface area contributed by atoms with Gasteiger partial charge in [0.05, 0.1) is 6.61 Å². The van der Waals surface area contributed by atoms with Gasteiger partial charge in [0.1, 0.15) is 0 Å². The van der Waals surface area contributed by atoms with Crippen molar-refractivity contribution in [1.29, 1.82) is 0 Å². The fourth-order valence-electron chi connectivity index (χ4n) is 1.18. The molecule has 1 rings (SSSR count). The summed E-state index contributed by atoms with van der Waals surface area (Å²) in [7, 11) is 0. The summed E-state index contributed by atoms with van der Waals surface area (Å²) in [6.07, 6.45) is 1.20. The maximum Gasteiger partial charge on any atom is 0.0681 e. The van der Waals surface area contributed by atoms with Crippen molar-refractivity contribution in [3.8, 4) is 0 Å². The van der Waals surface area contributed by atoms with E-state index in [-0.39, 0.29) is 6.61 Å². The van der Waals surface area contributed by atoms with Crippen molar-refractivity contribution in [2.24, 2.45) is 0 Å². The predicted octanol–water partition coefficient (Wildman–Crippen LogP) is 2.99. The van der Waals surface area contributed by atoms with Crippen LogP contribution in [0.3, 0.4) is 0 Å². The van der Waals surface area contributed by atoms with E-state index in [4.69, 9.17) is 5.11 Å². The molecule has 0 aliphatic rings. The highest BCUT2D eigenvalue weighted by Crippen LogP contribution is 2.23. The molecule has 13 heavy (non-hydrogen) atoms. The van der Waals surface area contributed by atoms with Crippen LogP contribution in [0.25, 0.3) is 0 Å². The van der Waals surface area contributed by atoms with Crippen molar-refractivity contribution in [3.05, 3.63) is 29.3 Å². The molecule has 0 saturated carbocycles. The van der Waals surface area contributed by atoms with Gasteiger partial charge in [0.15, 0.2) is 0 Å². The van der Waals surface area contributed by atoms with E-state index in [1.165, 1.54) is 22.6 Å². The van der Waals surface area contributed by atoms with Crippen molar-refractivity contribution in [3.63, 3.8) is 0 Å². The van der Waals surface area contributed by atoms with Crippen LogP contribution in [0.2, 0.25) is 0 Å². The summed E-state index contributed by atoms with van der Waals surface area (Å²) in [6, 6.07) is 6.14. The van der Waals surface area contributed by atoms with Crippen LogP contribution in [0.15, 0.2) is 23.1 Å². The number of hydrogen-bond acceptors (Lipinski definition) is 2. The molecule has 0 spiro atoms. The Labute approximate surface area is 84.2 Å². The minimum absolute atomic E-state index is 0.138. The van der Waals surface area contributed by atoms with Crippen molar-refractivity contribution in [2.45, 2.75) is 31.8 Å². The van der Waals surface area contributed by atoms with E-state index in [2.05, 4.69) is 26.0 Å². The van der Waals surface area contributed by atoms with Crippen LogP contribution in [0, 0.1) is 6.92 Å². The molecule has 1 aromatic carbocycles. The van der Waals surface area contributed by atoms with Gasteiger partial charge in [-0.3, -0.25) is 0 Å². The number of benzene rings is 1.